The Morgan fingerprint density at radius 1 is 1.23 bits per heavy atom. The lowest BCUT2D eigenvalue weighted by atomic mass is 10.0. The van der Waals surface area contributed by atoms with Crippen molar-refractivity contribution in [3.8, 4) is 0 Å². The van der Waals surface area contributed by atoms with Gasteiger partial charge >= 0.3 is 12.1 Å². The van der Waals surface area contributed by atoms with Gasteiger partial charge in [-0.25, -0.2) is 0 Å². The largest absolute Gasteiger partial charge is 0.481 e. The van der Waals surface area contributed by atoms with Crippen LogP contribution in [0.4, 0.5) is 13.2 Å². The normalized spacial score (nSPS) is 21.6. The third kappa shape index (κ3) is 3.99. The van der Waals surface area contributed by atoms with Crippen molar-refractivity contribution in [1.82, 2.24) is 5.32 Å². The minimum atomic E-state index is -4.50. The molecule has 1 aliphatic carbocycles. The van der Waals surface area contributed by atoms with Crippen molar-refractivity contribution in [1.29, 1.82) is 0 Å². The Bertz CT molecular complexity index is 571. The number of carboxylic acid groups (broad SMARTS) is 1. The van der Waals surface area contributed by atoms with Crippen molar-refractivity contribution in [2.75, 3.05) is 0 Å². The maximum Gasteiger partial charge on any atom is 0.416 e. The summed E-state index contributed by atoms with van der Waals surface area (Å²) < 4.78 is 38.5. The van der Waals surface area contributed by atoms with Crippen LogP contribution in [0.25, 0.3) is 0 Å². The molecule has 0 bridgehead atoms. The highest BCUT2D eigenvalue weighted by Crippen LogP contribution is 2.32. The average molecular weight is 315 g/mol. The first-order valence-corrected chi connectivity index (χ1v) is 6.94. The lowest BCUT2D eigenvalue weighted by molar-refractivity contribution is -0.142. The van der Waals surface area contributed by atoms with Gasteiger partial charge in [0.1, 0.15) is 0 Å². The highest BCUT2D eigenvalue weighted by atomic mass is 19.4. The zero-order chi connectivity index (χ0) is 16.3. The molecule has 0 aromatic heterocycles. The first-order chi connectivity index (χ1) is 10.3. The smallest absolute Gasteiger partial charge is 0.416 e. The molecule has 1 aliphatic rings. The number of hydrogen-bond acceptors (Lipinski definition) is 2. The Morgan fingerprint density at radius 3 is 2.50 bits per heavy atom. The summed E-state index contributed by atoms with van der Waals surface area (Å²) in [5.74, 6) is -1.92. The highest BCUT2D eigenvalue weighted by molar-refractivity contribution is 5.79. The van der Waals surface area contributed by atoms with Gasteiger partial charge < -0.3 is 10.4 Å². The van der Waals surface area contributed by atoms with E-state index in [-0.39, 0.29) is 18.0 Å². The van der Waals surface area contributed by atoms with E-state index >= 15 is 0 Å². The number of carbonyl (C=O) groups is 2. The van der Waals surface area contributed by atoms with Crippen molar-refractivity contribution in [3.05, 3.63) is 35.4 Å². The molecule has 1 amide bonds. The van der Waals surface area contributed by atoms with Crippen LogP contribution in [0.2, 0.25) is 0 Å². The summed E-state index contributed by atoms with van der Waals surface area (Å²) in [6.07, 6.45) is -3.55. The molecule has 2 rings (SSSR count). The molecular formula is C15H16F3NO3. The van der Waals surface area contributed by atoms with Gasteiger partial charge in [0.05, 0.1) is 17.9 Å². The van der Waals surface area contributed by atoms with Crippen molar-refractivity contribution >= 4 is 11.9 Å². The van der Waals surface area contributed by atoms with E-state index in [9.17, 15) is 22.8 Å². The number of carboxylic acids is 1. The summed E-state index contributed by atoms with van der Waals surface area (Å²) in [6.45, 7) is 0. The van der Waals surface area contributed by atoms with E-state index in [1.165, 1.54) is 18.2 Å². The molecule has 2 atom stereocenters. The van der Waals surface area contributed by atoms with E-state index in [2.05, 4.69) is 5.32 Å². The standard InChI is InChI=1S/C15H16F3NO3/c16-15(17,18)12-4-2-1-3-9(12)8-13(20)19-11-6-5-10(7-11)14(21)22/h1-4,10-11H,5-8H2,(H,19,20)(H,21,22)/t10-,11-/m0/s1. The van der Waals surface area contributed by atoms with Gasteiger partial charge in [-0.2, -0.15) is 13.2 Å². The Labute approximate surface area is 125 Å². The summed E-state index contributed by atoms with van der Waals surface area (Å²) in [6, 6.07) is 4.66. The Morgan fingerprint density at radius 2 is 1.91 bits per heavy atom. The molecule has 120 valence electrons. The number of benzene rings is 1. The van der Waals surface area contributed by atoms with Crippen molar-refractivity contribution in [2.45, 2.75) is 37.9 Å². The highest BCUT2D eigenvalue weighted by Gasteiger charge is 2.34. The molecular weight excluding hydrogens is 299 g/mol. The van der Waals surface area contributed by atoms with Gasteiger partial charge in [0.2, 0.25) is 5.91 Å². The topological polar surface area (TPSA) is 66.4 Å². The molecule has 0 radical (unpaired) electrons. The van der Waals surface area contributed by atoms with Gasteiger partial charge in [0.25, 0.3) is 0 Å². The fraction of sp³-hybridized carbons (Fsp3) is 0.467. The van der Waals surface area contributed by atoms with Gasteiger partial charge in [0.15, 0.2) is 0 Å². The molecule has 1 fully saturated rings. The van der Waals surface area contributed by atoms with Crippen LogP contribution in [-0.4, -0.2) is 23.0 Å². The van der Waals surface area contributed by atoms with Crippen LogP contribution in [0.1, 0.15) is 30.4 Å². The van der Waals surface area contributed by atoms with Crippen LogP contribution in [-0.2, 0) is 22.2 Å². The molecule has 7 heteroatoms. The van der Waals surface area contributed by atoms with Crippen molar-refractivity contribution in [2.24, 2.45) is 5.92 Å². The van der Waals surface area contributed by atoms with Gasteiger partial charge in [0, 0.05) is 6.04 Å². The van der Waals surface area contributed by atoms with Crippen molar-refractivity contribution < 1.29 is 27.9 Å². The van der Waals surface area contributed by atoms with E-state index in [1.54, 1.807) is 0 Å². The molecule has 0 aliphatic heterocycles. The van der Waals surface area contributed by atoms with E-state index in [1.807, 2.05) is 0 Å². The quantitative estimate of drug-likeness (QED) is 0.897. The zero-order valence-electron chi connectivity index (χ0n) is 11.7. The van der Waals surface area contributed by atoms with Crippen LogP contribution in [0.15, 0.2) is 24.3 Å². The lowest BCUT2D eigenvalue weighted by Gasteiger charge is -2.15. The van der Waals surface area contributed by atoms with E-state index < -0.39 is 29.5 Å². The van der Waals surface area contributed by atoms with Crippen molar-refractivity contribution in [3.63, 3.8) is 0 Å². The summed E-state index contributed by atoms with van der Waals surface area (Å²) in [5.41, 5.74) is -0.903. The summed E-state index contributed by atoms with van der Waals surface area (Å²) in [7, 11) is 0. The van der Waals surface area contributed by atoms with Gasteiger partial charge in [-0.1, -0.05) is 18.2 Å². The molecule has 0 unspecified atom stereocenters. The number of amides is 1. The van der Waals surface area contributed by atoms with Crippen LogP contribution in [0.5, 0.6) is 0 Å². The summed E-state index contributed by atoms with van der Waals surface area (Å²) >= 11 is 0. The Balaban J connectivity index is 1.98. The molecule has 1 saturated carbocycles. The van der Waals surface area contributed by atoms with Crippen LogP contribution in [0, 0.1) is 5.92 Å². The minimum absolute atomic E-state index is 0.0831. The SMILES string of the molecule is O=C(Cc1ccccc1C(F)(F)F)N[C@H]1CC[C@H](C(=O)O)C1. The number of carbonyl (C=O) groups excluding carboxylic acids is 1. The molecule has 0 saturated heterocycles. The first kappa shape index (κ1) is 16.3. The second-order valence-corrected chi connectivity index (χ2v) is 5.44. The fourth-order valence-electron chi connectivity index (χ4n) is 2.74. The van der Waals surface area contributed by atoms with E-state index in [0.717, 1.165) is 6.07 Å². The van der Waals surface area contributed by atoms with E-state index in [4.69, 9.17) is 5.11 Å². The van der Waals surface area contributed by atoms with Gasteiger partial charge in [-0.05, 0) is 30.9 Å². The second-order valence-electron chi connectivity index (χ2n) is 5.44. The average Bonchev–Trinajstić information content (AvgIpc) is 2.86. The van der Waals surface area contributed by atoms with E-state index in [0.29, 0.717) is 19.3 Å². The van der Waals surface area contributed by atoms with Crippen LogP contribution < -0.4 is 5.32 Å². The third-order valence-corrected chi connectivity index (χ3v) is 3.82. The fourth-order valence-corrected chi connectivity index (χ4v) is 2.74. The van der Waals surface area contributed by atoms with Crippen LogP contribution in [0.3, 0.4) is 0 Å². The Hall–Kier alpha value is -2.05. The molecule has 22 heavy (non-hydrogen) atoms. The lowest BCUT2D eigenvalue weighted by Crippen LogP contribution is -2.34. The molecule has 0 spiro atoms. The Kier molecular flexibility index (Phi) is 4.73. The molecule has 2 N–H and O–H groups in total. The summed E-state index contributed by atoms with van der Waals surface area (Å²) in [4.78, 5) is 22.7. The summed E-state index contributed by atoms with van der Waals surface area (Å²) in [5, 5.41) is 11.5. The third-order valence-electron chi connectivity index (χ3n) is 3.82. The zero-order valence-corrected chi connectivity index (χ0v) is 11.7. The number of hydrogen-bond donors (Lipinski definition) is 2. The monoisotopic (exact) mass is 315 g/mol. The number of rotatable bonds is 4. The predicted octanol–water partition coefficient (Wildman–Crippen LogP) is 2.62. The number of nitrogens with one attached hydrogen (secondary N) is 1. The minimum Gasteiger partial charge on any atom is -0.481 e. The number of aliphatic carboxylic acids is 1. The molecule has 4 nitrogen and oxygen atoms in total. The second kappa shape index (κ2) is 6.37. The molecule has 0 heterocycles. The number of halogens is 3. The molecule has 1 aromatic rings. The maximum absolute atomic E-state index is 12.8. The van der Waals surface area contributed by atoms with Gasteiger partial charge in [-0.3, -0.25) is 9.59 Å². The first-order valence-electron chi connectivity index (χ1n) is 6.94. The van der Waals surface area contributed by atoms with Crippen LogP contribution >= 0.6 is 0 Å². The molecule has 1 aromatic carbocycles. The number of alkyl halides is 3. The predicted molar refractivity (Wildman–Crippen MR) is 72.1 cm³/mol. The van der Waals surface area contributed by atoms with Gasteiger partial charge in [-0.15, -0.1) is 0 Å². The maximum atomic E-state index is 12.8.